The molecule has 14 heteroatoms. The van der Waals surface area contributed by atoms with E-state index >= 15 is 0 Å². The van der Waals surface area contributed by atoms with Crippen LogP contribution < -0.4 is 16.0 Å². The van der Waals surface area contributed by atoms with Gasteiger partial charge >= 0.3 is 5.51 Å². The van der Waals surface area contributed by atoms with Crippen molar-refractivity contribution in [2.24, 2.45) is 0 Å². The molecule has 3 heterocycles. The Kier molecular flexibility index (Phi) is 9.83. The van der Waals surface area contributed by atoms with E-state index in [1.54, 1.807) is 7.05 Å². The van der Waals surface area contributed by atoms with Crippen LogP contribution in [0.5, 0.6) is 0 Å². The average molecular weight is 590 g/mol. The summed E-state index contributed by atoms with van der Waals surface area (Å²) >= 11 is -0.265. The fourth-order valence-corrected chi connectivity index (χ4v) is 5.42. The number of halogens is 4. The monoisotopic (exact) mass is 590 g/mol. The van der Waals surface area contributed by atoms with E-state index in [9.17, 15) is 17.6 Å². The summed E-state index contributed by atoms with van der Waals surface area (Å²) in [6.07, 6.45) is 2.37. The lowest BCUT2D eigenvalue weighted by Crippen LogP contribution is -2.46. The summed E-state index contributed by atoms with van der Waals surface area (Å²) in [7, 11) is 21.0. The highest BCUT2D eigenvalue weighted by Gasteiger charge is 2.33. The van der Waals surface area contributed by atoms with Gasteiger partial charge in [-0.05, 0) is 43.1 Å². The molecular weight excluding hydrogens is 561 g/mol. The molecule has 0 spiro atoms. The number of hydrogen-bond donors (Lipinski definition) is 3. The van der Waals surface area contributed by atoms with Gasteiger partial charge in [-0.3, -0.25) is 0 Å². The number of alkyl halides is 4. The van der Waals surface area contributed by atoms with Crippen LogP contribution in [0.4, 0.5) is 29.1 Å². The van der Waals surface area contributed by atoms with Gasteiger partial charge in [0.1, 0.15) is 11.2 Å². The highest BCUT2D eigenvalue weighted by atomic mass is 32.2. The molecule has 3 aromatic rings. The molecule has 0 bridgehead atoms. The molecule has 1 saturated heterocycles. The zero-order valence-electron chi connectivity index (χ0n) is 23.4. The highest BCUT2D eigenvalue weighted by Crippen LogP contribution is 2.40. The summed E-state index contributed by atoms with van der Waals surface area (Å²) in [5.74, 6) is 6.07. The average Bonchev–Trinajstić information content (AvgIpc) is 3.24. The fourth-order valence-electron chi connectivity index (χ4n) is 4.72. The van der Waals surface area contributed by atoms with Crippen molar-refractivity contribution in [1.29, 1.82) is 0 Å². The molecule has 1 aromatic carbocycles. The first-order chi connectivity index (χ1) is 19.7. The minimum atomic E-state index is -4.55. The highest BCUT2D eigenvalue weighted by molar-refractivity contribution is 8.00. The molecule has 6 nitrogen and oxygen atoms in total. The van der Waals surface area contributed by atoms with Crippen molar-refractivity contribution in [3.8, 4) is 11.8 Å². The molecule has 0 amide bonds. The van der Waals surface area contributed by atoms with E-state index in [-0.39, 0.29) is 41.9 Å². The second kappa shape index (κ2) is 13.0. The van der Waals surface area contributed by atoms with Crippen molar-refractivity contribution in [3.63, 3.8) is 0 Å². The van der Waals surface area contributed by atoms with Gasteiger partial charge in [0.25, 0.3) is 0 Å². The molecule has 0 aliphatic carbocycles. The Hall–Kier alpha value is -3.17. The summed E-state index contributed by atoms with van der Waals surface area (Å²) in [6.45, 7) is 5.02. The standard InChI is InChI=1S/C28H29B3F4N6S/c1-17(36-2)18-6-7-20(15-27(29,30)31)23(13-18)37-9-4-5-19-14-24-25(39-22-8-11-40(3)16-21(22)32)38-10-12-41(24)26(19)42-28(33,34)35/h6-7,10,12-14,21-22,36-37H,1,8-9,11,15-16H2,2-3H3,(H,38,39). The van der Waals surface area contributed by atoms with Gasteiger partial charge in [0.15, 0.2) is 5.82 Å². The Morgan fingerprint density at radius 2 is 2.00 bits per heavy atom. The van der Waals surface area contributed by atoms with Crippen LogP contribution in [0.15, 0.2) is 48.3 Å². The lowest BCUT2D eigenvalue weighted by molar-refractivity contribution is -0.0329. The van der Waals surface area contributed by atoms with Gasteiger partial charge in [-0.15, -0.1) is 5.11 Å². The Balaban J connectivity index is 1.63. The number of rotatable bonds is 9. The summed E-state index contributed by atoms with van der Waals surface area (Å²) in [6, 6.07) is 6.53. The second-order valence-electron chi connectivity index (χ2n) is 10.3. The van der Waals surface area contributed by atoms with Crippen molar-refractivity contribution in [2.75, 3.05) is 44.4 Å². The number of fused-ring (bicyclic) bond motifs is 1. The van der Waals surface area contributed by atoms with E-state index in [1.165, 1.54) is 22.9 Å². The smallest absolute Gasteiger partial charge is 0.388 e. The number of piperidine rings is 1. The summed E-state index contributed by atoms with van der Waals surface area (Å²) in [4.78, 5) is 6.20. The van der Waals surface area contributed by atoms with Crippen LogP contribution >= 0.6 is 11.8 Å². The largest absolute Gasteiger partial charge is 0.447 e. The molecule has 2 atom stereocenters. The van der Waals surface area contributed by atoms with E-state index in [1.807, 2.05) is 30.1 Å². The van der Waals surface area contributed by atoms with E-state index in [0.717, 1.165) is 11.1 Å². The van der Waals surface area contributed by atoms with Crippen LogP contribution in [-0.2, 0) is 6.42 Å². The van der Waals surface area contributed by atoms with Gasteiger partial charge < -0.3 is 25.3 Å². The molecule has 3 N–H and O–H groups in total. The number of nitrogens with zero attached hydrogens (tertiary/aromatic N) is 3. The Morgan fingerprint density at radius 3 is 2.67 bits per heavy atom. The SMILES string of the molecule is [B]C([B])([B])Cc1ccc(C(=C)NC)cc1NCC#Cc1cc2c(NC3CCN(C)CC3F)nccn2c1SC(F)(F)F. The molecule has 1 fully saturated rings. The summed E-state index contributed by atoms with van der Waals surface area (Å²) in [5.41, 5.74) is -1.13. The molecule has 214 valence electrons. The van der Waals surface area contributed by atoms with Gasteiger partial charge in [-0.1, -0.05) is 30.6 Å². The van der Waals surface area contributed by atoms with Gasteiger partial charge in [0, 0.05) is 55.7 Å². The van der Waals surface area contributed by atoms with Crippen molar-refractivity contribution < 1.29 is 17.6 Å². The van der Waals surface area contributed by atoms with Gasteiger partial charge in [0.2, 0.25) is 0 Å². The quantitative estimate of drug-likeness (QED) is 0.151. The zero-order valence-corrected chi connectivity index (χ0v) is 24.2. The van der Waals surface area contributed by atoms with Crippen molar-refractivity contribution in [1.82, 2.24) is 19.6 Å². The number of likely N-dealkylation sites (tertiary alicyclic amines) is 1. The van der Waals surface area contributed by atoms with Gasteiger partial charge in [-0.25, -0.2) is 9.37 Å². The van der Waals surface area contributed by atoms with Crippen molar-refractivity contribution >= 4 is 58.0 Å². The first-order valence-corrected chi connectivity index (χ1v) is 14.0. The van der Waals surface area contributed by atoms with Crippen LogP contribution in [0.25, 0.3) is 11.2 Å². The normalized spacial score (nSPS) is 17.9. The van der Waals surface area contributed by atoms with E-state index < -0.39 is 22.8 Å². The lowest BCUT2D eigenvalue weighted by Gasteiger charge is -2.33. The minimum Gasteiger partial charge on any atom is -0.388 e. The minimum absolute atomic E-state index is 0.0972. The molecule has 2 unspecified atom stereocenters. The lowest BCUT2D eigenvalue weighted by atomic mass is 9.41. The van der Waals surface area contributed by atoms with E-state index in [0.29, 0.717) is 35.7 Å². The summed E-state index contributed by atoms with van der Waals surface area (Å²) in [5, 5.41) is 7.71. The maximum absolute atomic E-state index is 14.7. The number of aromatic nitrogens is 2. The van der Waals surface area contributed by atoms with Crippen molar-refractivity contribution in [3.05, 3.63) is 59.9 Å². The third-order valence-electron chi connectivity index (χ3n) is 6.78. The van der Waals surface area contributed by atoms with Crippen molar-refractivity contribution in [2.45, 2.75) is 40.7 Å². The first kappa shape index (κ1) is 31.8. The molecular formula is C28H29B3F4N6S. The predicted octanol–water partition coefficient (Wildman–Crippen LogP) is 4.18. The Bertz CT molecular complexity index is 1490. The van der Waals surface area contributed by atoms with Crippen LogP contribution in [0.1, 0.15) is 23.1 Å². The molecule has 1 aliphatic rings. The number of hydrogen-bond acceptors (Lipinski definition) is 6. The maximum Gasteiger partial charge on any atom is 0.447 e. The van der Waals surface area contributed by atoms with E-state index in [2.05, 4.69) is 39.4 Å². The second-order valence-corrected chi connectivity index (χ2v) is 11.4. The number of benzene rings is 1. The number of thioether (sulfide) groups is 1. The molecule has 6 radical (unpaired) electrons. The topological polar surface area (TPSA) is 56.6 Å². The number of anilines is 2. The molecule has 2 aromatic heterocycles. The van der Waals surface area contributed by atoms with Gasteiger partial charge in [-0.2, -0.15) is 13.2 Å². The summed E-state index contributed by atoms with van der Waals surface area (Å²) < 4.78 is 56.8. The van der Waals surface area contributed by atoms with Crippen LogP contribution in [0.2, 0.25) is 5.11 Å². The Morgan fingerprint density at radius 1 is 1.24 bits per heavy atom. The predicted molar refractivity (Wildman–Crippen MR) is 165 cm³/mol. The number of nitrogens with one attached hydrogen (secondary N) is 3. The third-order valence-corrected chi connectivity index (χ3v) is 7.62. The molecule has 42 heavy (non-hydrogen) atoms. The Labute approximate surface area is 251 Å². The van der Waals surface area contributed by atoms with Gasteiger partial charge in [0.05, 0.1) is 47.2 Å². The first-order valence-electron chi connectivity index (χ1n) is 13.2. The molecule has 1 aliphatic heterocycles. The van der Waals surface area contributed by atoms with Crippen LogP contribution in [0.3, 0.4) is 0 Å². The zero-order chi connectivity index (χ0) is 30.7. The maximum atomic E-state index is 14.7. The fraction of sp³-hybridized carbons (Fsp3) is 0.393. The molecule has 0 saturated carbocycles. The van der Waals surface area contributed by atoms with E-state index in [4.69, 9.17) is 23.5 Å². The molecule has 4 rings (SSSR count). The van der Waals surface area contributed by atoms with Crippen LogP contribution in [-0.4, -0.2) is 89.3 Å². The van der Waals surface area contributed by atoms with Crippen LogP contribution in [0, 0.1) is 11.8 Å². The third kappa shape index (κ3) is 8.22.